The fourth-order valence-electron chi connectivity index (χ4n) is 4.50. The number of allylic oxidation sites excluding steroid dienone is 1. The second kappa shape index (κ2) is 8.81. The summed E-state index contributed by atoms with van der Waals surface area (Å²) in [4.78, 5) is 9.30. The zero-order valence-corrected chi connectivity index (χ0v) is 19.6. The summed E-state index contributed by atoms with van der Waals surface area (Å²) in [6.07, 6.45) is 0.382. The van der Waals surface area contributed by atoms with Crippen molar-refractivity contribution in [2.45, 2.75) is 46.3 Å². The quantitative estimate of drug-likeness (QED) is 0.616. The Hall–Kier alpha value is -3.08. The third-order valence-corrected chi connectivity index (χ3v) is 6.37. The molecule has 0 aromatic heterocycles. The van der Waals surface area contributed by atoms with Crippen LogP contribution >= 0.6 is 0 Å². The van der Waals surface area contributed by atoms with Gasteiger partial charge in [-0.1, -0.05) is 30.9 Å². The smallest absolute Gasteiger partial charge is 0.206 e. The number of piperidine rings is 1. The zero-order chi connectivity index (χ0) is 23.0. The van der Waals surface area contributed by atoms with Gasteiger partial charge in [-0.05, 0) is 68.5 Å². The number of anilines is 1. The summed E-state index contributed by atoms with van der Waals surface area (Å²) in [5.74, 6) is 0.859. The standard InChI is InChI=1S/C27H33FN4/c1-17(2)23-14-18(3)7-8-25(23)29-16-21-13-19(4)15-24-20(5)31(6)27(30-26(21)24)32-11-9-22(28)10-12-32/h7-8,13-15,22,29H,1,5,9-12,16H2,2-4,6H3. The molecule has 1 fully saturated rings. The highest BCUT2D eigenvalue weighted by Gasteiger charge is 2.29. The average Bonchev–Trinajstić information content (AvgIpc) is 2.76. The Morgan fingerprint density at radius 2 is 1.88 bits per heavy atom. The van der Waals surface area contributed by atoms with Gasteiger partial charge in [0.2, 0.25) is 5.96 Å². The number of rotatable bonds is 4. The first kappa shape index (κ1) is 22.1. The molecule has 168 valence electrons. The van der Waals surface area contributed by atoms with Gasteiger partial charge in [0.1, 0.15) is 6.17 Å². The maximum absolute atomic E-state index is 13.7. The lowest BCUT2D eigenvalue weighted by molar-refractivity contribution is 0.196. The van der Waals surface area contributed by atoms with E-state index in [1.807, 2.05) is 18.9 Å². The van der Waals surface area contributed by atoms with E-state index in [2.05, 4.69) is 67.6 Å². The molecule has 2 aromatic carbocycles. The molecule has 0 amide bonds. The Morgan fingerprint density at radius 1 is 1.16 bits per heavy atom. The maximum atomic E-state index is 13.7. The molecular formula is C27H33FN4. The van der Waals surface area contributed by atoms with Gasteiger partial charge >= 0.3 is 0 Å². The van der Waals surface area contributed by atoms with Gasteiger partial charge in [-0.15, -0.1) is 0 Å². The van der Waals surface area contributed by atoms with Gasteiger partial charge in [-0.2, -0.15) is 0 Å². The molecule has 2 aliphatic rings. The summed E-state index contributed by atoms with van der Waals surface area (Å²) in [7, 11) is 2.00. The minimum absolute atomic E-state index is 0.547. The molecule has 0 saturated carbocycles. The Labute approximate surface area is 191 Å². The Morgan fingerprint density at radius 3 is 2.56 bits per heavy atom. The number of benzene rings is 2. The van der Waals surface area contributed by atoms with Crippen LogP contribution in [0.2, 0.25) is 0 Å². The summed E-state index contributed by atoms with van der Waals surface area (Å²) in [6, 6.07) is 10.7. The molecule has 2 heterocycles. The van der Waals surface area contributed by atoms with Crippen LogP contribution in [-0.2, 0) is 6.54 Å². The number of aryl methyl sites for hydroxylation is 2. The van der Waals surface area contributed by atoms with E-state index in [4.69, 9.17) is 4.99 Å². The number of hydrogen-bond acceptors (Lipinski definition) is 4. The van der Waals surface area contributed by atoms with Gasteiger partial charge in [-0.3, -0.25) is 0 Å². The molecule has 5 heteroatoms. The molecular weight excluding hydrogens is 399 g/mol. The van der Waals surface area contributed by atoms with Gasteiger partial charge in [0, 0.05) is 49.2 Å². The zero-order valence-electron chi connectivity index (χ0n) is 19.6. The topological polar surface area (TPSA) is 30.9 Å². The third kappa shape index (κ3) is 4.29. The first-order chi connectivity index (χ1) is 15.2. The number of guanidine groups is 1. The summed E-state index contributed by atoms with van der Waals surface area (Å²) in [6.45, 7) is 16.7. The lowest BCUT2D eigenvalue weighted by Gasteiger charge is -2.39. The third-order valence-electron chi connectivity index (χ3n) is 6.37. The molecule has 2 aromatic rings. The van der Waals surface area contributed by atoms with Crippen LogP contribution in [0.5, 0.6) is 0 Å². The van der Waals surface area contributed by atoms with Crippen LogP contribution in [0.3, 0.4) is 0 Å². The number of likely N-dealkylation sites (tertiary alicyclic amines) is 1. The number of halogens is 1. The Bertz CT molecular complexity index is 1090. The number of nitrogens with one attached hydrogen (secondary N) is 1. The van der Waals surface area contributed by atoms with Crippen molar-refractivity contribution in [3.63, 3.8) is 0 Å². The Kier molecular flexibility index (Phi) is 6.09. The molecule has 0 bridgehead atoms. The van der Waals surface area contributed by atoms with Crippen LogP contribution in [0, 0.1) is 13.8 Å². The van der Waals surface area contributed by atoms with E-state index < -0.39 is 6.17 Å². The number of fused-ring (bicyclic) bond motifs is 1. The SMILES string of the molecule is C=C(C)c1cc(C)ccc1NCc1cc(C)cc2c1N=C(N1CCC(F)CC1)N(C)C2=C. The van der Waals surface area contributed by atoms with Crippen molar-refractivity contribution >= 4 is 28.6 Å². The van der Waals surface area contributed by atoms with Gasteiger partial charge < -0.3 is 15.1 Å². The van der Waals surface area contributed by atoms with E-state index >= 15 is 0 Å². The second-order valence-corrected chi connectivity index (χ2v) is 9.08. The van der Waals surface area contributed by atoms with Crippen molar-refractivity contribution in [1.82, 2.24) is 9.80 Å². The van der Waals surface area contributed by atoms with E-state index in [1.54, 1.807) is 0 Å². The van der Waals surface area contributed by atoms with Gasteiger partial charge in [0.25, 0.3) is 0 Å². The molecule has 0 unspecified atom stereocenters. The van der Waals surface area contributed by atoms with Crippen LogP contribution in [0.25, 0.3) is 11.3 Å². The fourth-order valence-corrected chi connectivity index (χ4v) is 4.50. The molecule has 0 aliphatic carbocycles. The second-order valence-electron chi connectivity index (χ2n) is 9.08. The lowest BCUT2D eigenvalue weighted by Crippen LogP contribution is -2.46. The van der Waals surface area contributed by atoms with Gasteiger partial charge in [-0.25, -0.2) is 9.38 Å². The van der Waals surface area contributed by atoms with Crippen LogP contribution in [0.1, 0.15) is 47.6 Å². The van der Waals surface area contributed by atoms with E-state index in [0.717, 1.165) is 45.3 Å². The minimum Gasteiger partial charge on any atom is -0.380 e. The highest BCUT2D eigenvalue weighted by molar-refractivity contribution is 5.97. The van der Waals surface area contributed by atoms with Crippen molar-refractivity contribution in [2.75, 3.05) is 25.5 Å². The Balaban J connectivity index is 1.69. The van der Waals surface area contributed by atoms with Crippen LogP contribution in [-0.4, -0.2) is 42.1 Å². The lowest BCUT2D eigenvalue weighted by atomic mass is 9.98. The van der Waals surface area contributed by atoms with Gasteiger partial charge in [0.05, 0.1) is 5.69 Å². The number of alkyl halides is 1. The van der Waals surface area contributed by atoms with E-state index in [1.165, 1.54) is 11.1 Å². The van der Waals surface area contributed by atoms with Crippen LogP contribution in [0.4, 0.5) is 15.8 Å². The summed E-state index contributed by atoms with van der Waals surface area (Å²) < 4.78 is 13.7. The summed E-state index contributed by atoms with van der Waals surface area (Å²) >= 11 is 0. The number of nitrogens with zero attached hydrogens (tertiary/aromatic N) is 3. The molecule has 0 radical (unpaired) electrons. The normalized spacial score (nSPS) is 16.7. The molecule has 0 atom stereocenters. The maximum Gasteiger partial charge on any atom is 0.206 e. The molecule has 4 nitrogen and oxygen atoms in total. The highest BCUT2D eigenvalue weighted by Crippen LogP contribution is 2.38. The number of hydrogen-bond donors (Lipinski definition) is 1. The predicted molar refractivity (Wildman–Crippen MR) is 134 cm³/mol. The fraction of sp³-hybridized carbons (Fsp3) is 0.370. The van der Waals surface area contributed by atoms with Crippen molar-refractivity contribution in [2.24, 2.45) is 4.99 Å². The molecule has 1 saturated heterocycles. The van der Waals surface area contributed by atoms with Crippen molar-refractivity contribution < 1.29 is 4.39 Å². The first-order valence-corrected chi connectivity index (χ1v) is 11.3. The largest absolute Gasteiger partial charge is 0.380 e. The average molecular weight is 433 g/mol. The first-order valence-electron chi connectivity index (χ1n) is 11.3. The van der Waals surface area contributed by atoms with Crippen LogP contribution in [0.15, 0.2) is 48.5 Å². The highest BCUT2D eigenvalue weighted by atomic mass is 19.1. The summed E-state index contributed by atoms with van der Waals surface area (Å²) in [5.41, 5.74) is 9.69. The van der Waals surface area contributed by atoms with Gasteiger partial charge in [0.15, 0.2) is 0 Å². The van der Waals surface area contributed by atoms with Crippen molar-refractivity contribution in [3.8, 4) is 0 Å². The van der Waals surface area contributed by atoms with E-state index in [9.17, 15) is 4.39 Å². The molecule has 0 spiro atoms. The summed E-state index contributed by atoms with van der Waals surface area (Å²) in [5, 5.41) is 3.61. The van der Waals surface area contributed by atoms with Crippen molar-refractivity contribution in [3.05, 3.63) is 71.3 Å². The van der Waals surface area contributed by atoms with Crippen molar-refractivity contribution in [1.29, 1.82) is 0 Å². The molecule has 4 rings (SSSR count). The van der Waals surface area contributed by atoms with Crippen LogP contribution < -0.4 is 5.32 Å². The van der Waals surface area contributed by atoms with E-state index in [0.29, 0.717) is 32.5 Å². The number of aliphatic imine (C=N–C) groups is 1. The predicted octanol–water partition coefficient (Wildman–Crippen LogP) is 6.29. The monoisotopic (exact) mass is 432 g/mol. The molecule has 2 aliphatic heterocycles. The molecule has 1 N–H and O–H groups in total. The van der Waals surface area contributed by atoms with E-state index in [-0.39, 0.29) is 0 Å². The minimum atomic E-state index is -0.712. The molecule has 32 heavy (non-hydrogen) atoms.